The number of hydrogen-bond acceptors (Lipinski definition) is 14. The number of ketones is 1. The van der Waals surface area contributed by atoms with Crippen molar-refractivity contribution in [1.82, 2.24) is 0 Å². The zero-order valence-electron chi connectivity index (χ0n) is 39.2. The van der Waals surface area contributed by atoms with Crippen LogP contribution in [-0.2, 0) is 47.5 Å². The van der Waals surface area contributed by atoms with E-state index in [-0.39, 0.29) is 60.6 Å². The lowest BCUT2D eigenvalue weighted by molar-refractivity contribution is -0.391. The van der Waals surface area contributed by atoms with Gasteiger partial charge in [0.1, 0.15) is 6.10 Å². The Morgan fingerprint density at radius 2 is 1.58 bits per heavy atom. The Labute approximate surface area is 368 Å². The number of rotatable bonds is 13. The number of carboxylic acid groups (broad SMARTS) is 1. The number of ether oxygens (including phenoxy) is 8. The molecule has 6 saturated heterocycles. The molecule has 22 atom stereocenters. The second kappa shape index (κ2) is 18.9. The Kier molecular flexibility index (Phi) is 15.2. The van der Waals surface area contributed by atoms with E-state index in [1.165, 1.54) is 0 Å². The van der Waals surface area contributed by atoms with Crippen LogP contribution in [0.4, 0.5) is 0 Å². The monoisotopic (exact) mass is 883 g/mol. The fourth-order valence-electron chi connectivity index (χ4n) is 11.9. The molecule has 0 bridgehead atoms. The molecule has 0 amide bonds. The molecule has 15 heteroatoms. The molecule has 6 aliphatic rings. The number of aliphatic hydroxyl groups excluding tert-OH is 3. The minimum Gasteiger partial charge on any atom is -0.481 e. The van der Waals surface area contributed by atoms with Crippen molar-refractivity contribution in [1.29, 1.82) is 0 Å². The molecule has 0 aliphatic carbocycles. The summed E-state index contributed by atoms with van der Waals surface area (Å²) >= 11 is 0. The van der Waals surface area contributed by atoms with Gasteiger partial charge in [-0.05, 0) is 57.9 Å². The van der Waals surface area contributed by atoms with Crippen LogP contribution in [0.2, 0.25) is 0 Å². The fraction of sp³-hybridized carbons (Fsp3) is 0.915. The molecule has 2 spiro atoms. The summed E-state index contributed by atoms with van der Waals surface area (Å²) in [5.74, 6) is -7.44. The van der Waals surface area contributed by atoms with E-state index in [1.54, 1.807) is 27.9 Å². The Bertz CT molecular complexity index is 1600. The highest BCUT2D eigenvalue weighted by Crippen LogP contribution is 2.56. The predicted molar refractivity (Wildman–Crippen MR) is 225 cm³/mol. The van der Waals surface area contributed by atoms with Gasteiger partial charge in [-0.1, -0.05) is 61.5 Å². The third-order valence-electron chi connectivity index (χ3n) is 15.9. The van der Waals surface area contributed by atoms with Gasteiger partial charge in [0.25, 0.3) is 0 Å². The summed E-state index contributed by atoms with van der Waals surface area (Å²) in [6, 6.07) is 0. The first-order chi connectivity index (χ1) is 28.9. The van der Waals surface area contributed by atoms with Crippen LogP contribution in [0.25, 0.3) is 0 Å². The standard InChI is InChI=1S/C47H78O15/c1-23(39(51)24(2)16-27(5)43(52)53)15-25(3)40-30(8)34(50)21-45(60-40)14-13-44(11,62-45)37-20-35(57-38-19-33(49)42(55-12)32(10)56-38)31(9)47(59-37)29(7)18-36(58-47)41-26(4)17-28(6)46(54,22-48)61-41/h15,24-38,40-42,48-50,54H,13-14,16-22H2,1-12H3,(H,52,53)/b23-15+/t24-,25+,26+,27+,28-,29+,30-,31-,32-,33-,34+,35+,36-,37-,38?,40-,41+,42-,44+,45-,46+,47+/m1/s1. The quantitative estimate of drug-likeness (QED) is 0.152. The van der Waals surface area contributed by atoms with Crippen LogP contribution in [0.5, 0.6) is 0 Å². The summed E-state index contributed by atoms with van der Waals surface area (Å²) in [4.78, 5) is 24.8. The molecule has 6 fully saturated rings. The van der Waals surface area contributed by atoms with Crippen molar-refractivity contribution < 1.29 is 73.0 Å². The van der Waals surface area contributed by atoms with Crippen molar-refractivity contribution in [3.05, 3.63) is 11.6 Å². The largest absolute Gasteiger partial charge is 0.481 e. The van der Waals surface area contributed by atoms with Crippen LogP contribution in [-0.4, -0.2) is 135 Å². The number of carbonyl (C=O) groups excluding carboxylic acids is 1. The zero-order valence-corrected chi connectivity index (χ0v) is 39.2. The summed E-state index contributed by atoms with van der Waals surface area (Å²) in [6.45, 7) is 20.5. The van der Waals surface area contributed by atoms with Crippen LogP contribution in [0.15, 0.2) is 11.6 Å². The highest BCUT2D eigenvalue weighted by Gasteiger charge is 2.65. The molecular formula is C47H78O15. The number of methoxy groups -OCH3 is 1. The van der Waals surface area contributed by atoms with Gasteiger partial charge in [0.2, 0.25) is 0 Å². The number of carboxylic acids is 1. The van der Waals surface area contributed by atoms with Gasteiger partial charge < -0.3 is 63.4 Å². The Hall–Kier alpha value is -1.60. The molecule has 0 radical (unpaired) electrons. The van der Waals surface area contributed by atoms with Gasteiger partial charge in [0, 0.05) is 68.3 Å². The van der Waals surface area contributed by atoms with Crippen molar-refractivity contribution in [2.75, 3.05) is 13.7 Å². The summed E-state index contributed by atoms with van der Waals surface area (Å²) in [6.07, 6.45) is -0.451. The Balaban J connectivity index is 1.25. The van der Waals surface area contributed by atoms with E-state index in [4.69, 9.17) is 37.9 Å². The second-order valence-electron chi connectivity index (χ2n) is 20.8. The third-order valence-corrected chi connectivity index (χ3v) is 15.9. The molecule has 356 valence electrons. The highest BCUT2D eigenvalue weighted by atomic mass is 16.8. The lowest BCUT2D eigenvalue weighted by atomic mass is 9.76. The van der Waals surface area contributed by atoms with Crippen LogP contribution < -0.4 is 0 Å². The molecule has 62 heavy (non-hydrogen) atoms. The van der Waals surface area contributed by atoms with Crippen molar-refractivity contribution in [3.8, 4) is 0 Å². The molecule has 0 aromatic heterocycles. The number of aliphatic carboxylic acids is 1. The molecule has 0 saturated carbocycles. The molecular weight excluding hydrogens is 805 g/mol. The maximum atomic E-state index is 13.4. The van der Waals surface area contributed by atoms with E-state index in [2.05, 4.69) is 20.8 Å². The normalized spacial score (nSPS) is 49.2. The van der Waals surface area contributed by atoms with Crippen molar-refractivity contribution in [2.24, 2.45) is 47.3 Å². The first kappa shape index (κ1) is 49.8. The van der Waals surface area contributed by atoms with Crippen molar-refractivity contribution >= 4 is 11.8 Å². The molecule has 6 heterocycles. The maximum absolute atomic E-state index is 13.4. The molecule has 0 aromatic rings. The first-order valence-corrected chi connectivity index (χ1v) is 23.3. The molecule has 5 N–H and O–H groups in total. The maximum Gasteiger partial charge on any atom is 0.306 e. The number of aliphatic hydroxyl groups is 4. The third kappa shape index (κ3) is 9.62. The number of carbonyl (C=O) groups is 2. The van der Waals surface area contributed by atoms with E-state index < -0.39 is 109 Å². The smallest absolute Gasteiger partial charge is 0.306 e. The Morgan fingerprint density at radius 3 is 2.21 bits per heavy atom. The summed E-state index contributed by atoms with van der Waals surface area (Å²) in [5, 5.41) is 53.5. The lowest BCUT2D eigenvalue weighted by Crippen LogP contribution is -2.63. The molecule has 0 aromatic carbocycles. The van der Waals surface area contributed by atoms with E-state index in [0.29, 0.717) is 37.7 Å². The number of allylic oxidation sites excluding steroid dienone is 1. The van der Waals surface area contributed by atoms with Gasteiger partial charge in [-0.2, -0.15) is 0 Å². The Morgan fingerprint density at radius 1 is 0.887 bits per heavy atom. The van der Waals surface area contributed by atoms with Gasteiger partial charge in [0.15, 0.2) is 29.4 Å². The van der Waals surface area contributed by atoms with Gasteiger partial charge >= 0.3 is 5.97 Å². The van der Waals surface area contributed by atoms with Crippen LogP contribution in [0.3, 0.4) is 0 Å². The van der Waals surface area contributed by atoms with E-state index >= 15 is 0 Å². The van der Waals surface area contributed by atoms with Gasteiger partial charge in [0.05, 0.1) is 67.0 Å². The average Bonchev–Trinajstić information content (AvgIpc) is 3.71. The van der Waals surface area contributed by atoms with Crippen LogP contribution >= 0.6 is 0 Å². The minimum absolute atomic E-state index is 0.0298. The summed E-state index contributed by atoms with van der Waals surface area (Å²) in [7, 11) is 1.55. The van der Waals surface area contributed by atoms with Crippen molar-refractivity contribution in [3.63, 3.8) is 0 Å². The summed E-state index contributed by atoms with van der Waals surface area (Å²) < 4.78 is 53.5. The molecule has 6 rings (SSSR count). The molecule has 6 aliphatic heterocycles. The van der Waals surface area contributed by atoms with Gasteiger partial charge in [-0.25, -0.2) is 0 Å². The number of Topliss-reactive ketones (excluding diaryl/α,β-unsaturated/α-hetero) is 1. The van der Waals surface area contributed by atoms with Crippen LogP contribution in [0, 0.1) is 47.3 Å². The van der Waals surface area contributed by atoms with E-state index in [0.717, 1.165) is 0 Å². The fourth-order valence-corrected chi connectivity index (χ4v) is 11.9. The molecule has 15 nitrogen and oxygen atoms in total. The topological polar surface area (TPSA) is 209 Å². The van der Waals surface area contributed by atoms with Gasteiger partial charge in [-0.15, -0.1) is 0 Å². The summed E-state index contributed by atoms with van der Waals surface area (Å²) in [5.41, 5.74) is -0.398. The average molecular weight is 883 g/mol. The SMILES string of the molecule is CO[C@H]1[C@H](O)CC(O[C@H]2C[C@H]([C@]3(C)CC[C@]4(C[C@H](O)[C@@H](C)[C@@H]([C@@H](C)/C=C(\C)C(=O)[C@H](C)C[C@H](C)C(=O)O)O4)O3)O[C@]3(O[C@@H]([C@H]4O[C@@](O)(CO)[C@H](C)C[C@@H]4C)C[C@@H]3C)[C@@H]2C)O[C@@H]1C. The highest BCUT2D eigenvalue weighted by molar-refractivity contribution is 5.96. The lowest BCUT2D eigenvalue weighted by Gasteiger charge is -2.54. The van der Waals surface area contributed by atoms with E-state index in [1.807, 2.05) is 40.7 Å². The van der Waals surface area contributed by atoms with Gasteiger partial charge in [-0.3, -0.25) is 9.59 Å². The molecule has 1 unspecified atom stereocenters. The zero-order chi connectivity index (χ0) is 45.9. The van der Waals surface area contributed by atoms with E-state index in [9.17, 15) is 35.1 Å². The second-order valence-corrected chi connectivity index (χ2v) is 20.8. The first-order valence-electron chi connectivity index (χ1n) is 23.3. The van der Waals surface area contributed by atoms with Crippen molar-refractivity contribution in [2.45, 2.75) is 212 Å². The predicted octanol–water partition coefficient (Wildman–Crippen LogP) is 5.12. The minimum atomic E-state index is -1.69. The number of hydrogen-bond donors (Lipinski definition) is 5. The van der Waals surface area contributed by atoms with Crippen LogP contribution in [0.1, 0.15) is 128 Å².